The van der Waals surface area contributed by atoms with Gasteiger partial charge in [-0.1, -0.05) is 18.3 Å². The van der Waals surface area contributed by atoms with Gasteiger partial charge in [0.25, 0.3) is 0 Å². The van der Waals surface area contributed by atoms with Gasteiger partial charge in [0, 0.05) is 36.7 Å². The van der Waals surface area contributed by atoms with Crippen LogP contribution >= 0.6 is 23.6 Å². The fourth-order valence-corrected chi connectivity index (χ4v) is 3.32. The normalized spacial score (nSPS) is 10.8. The van der Waals surface area contributed by atoms with E-state index >= 15 is 0 Å². The van der Waals surface area contributed by atoms with Crippen molar-refractivity contribution < 1.29 is 0 Å². The van der Waals surface area contributed by atoms with Gasteiger partial charge in [0.1, 0.15) is 15.7 Å². The molecular weight excluding hydrogens is 340 g/mol. The summed E-state index contributed by atoms with van der Waals surface area (Å²) >= 11 is 6.96. The minimum Gasteiger partial charge on any atom is -0.370 e. The lowest BCUT2D eigenvalue weighted by molar-refractivity contribution is 0.916. The molecule has 0 radical (unpaired) electrons. The first-order valence-corrected chi connectivity index (χ1v) is 8.51. The average molecular weight is 352 g/mol. The van der Waals surface area contributed by atoms with Crippen LogP contribution in [0.4, 0.5) is 0 Å². The maximum atomic E-state index is 5.43. The summed E-state index contributed by atoms with van der Waals surface area (Å²) in [6.45, 7) is 0.623. The molecule has 0 saturated carbocycles. The number of rotatable bonds is 4. The van der Waals surface area contributed by atoms with E-state index < -0.39 is 0 Å². The van der Waals surface area contributed by atoms with Gasteiger partial charge in [0.15, 0.2) is 5.65 Å². The molecule has 0 unspecified atom stereocenters. The number of nitrogens with zero attached hydrogens (tertiary/aromatic N) is 5. The molecule has 118 valence electrons. The lowest BCUT2D eigenvalue weighted by Crippen LogP contribution is -2.22. The largest absolute Gasteiger partial charge is 0.370 e. The van der Waals surface area contributed by atoms with Gasteiger partial charge >= 0.3 is 0 Å². The fraction of sp³-hybridized carbons (Fsp3) is 0.0625. The number of hydrogen-bond acceptors (Lipinski definition) is 6. The van der Waals surface area contributed by atoms with Gasteiger partial charge in [-0.3, -0.25) is 4.98 Å². The van der Waals surface area contributed by atoms with Gasteiger partial charge in [-0.15, -0.1) is 11.3 Å². The Hall–Kier alpha value is -2.71. The van der Waals surface area contributed by atoms with Gasteiger partial charge in [-0.05, 0) is 17.7 Å². The van der Waals surface area contributed by atoms with E-state index in [1.54, 1.807) is 23.1 Å². The summed E-state index contributed by atoms with van der Waals surface area (Å²) in [6, 6.07) is 5.74. The van der Waals surface area contributed by atoms with Crippen molar-refractivity contribution in [3.05, 3.63) is 65.8 Å². The third-order valence-electron chi connectivity index (χ3n) is 3.42. The zero-order valence-electron chi connectivity index (χ0n) is 12.5. The van der Waals surface area contributed by atoms with E-state index in [9.17, 15) is 0 Å². The molecule has 0 aliphatic heterocycles. The van der Waals surface area contributed by atoms with E-state index in [0.717, 1.165) is 27.5 Å². The van der Waals surface area contributed by atoms with Crippen LogP contribution in [0.3, 0.4) is 0 Å². The van der Waals surface area contributed by atoms with Gasteiger partial charge in [-0.25, -0.2) is 14.5 Å². The topological polar surface area (TPSA) is 68.0 Å². The van der Waals surface area contributed by atoms with Gasteiger partial charge in [0.2, 0.25) is 0 Å². The Labute approximate surface area is 147 Å². The Morgan fingerprint density at radius 2 is 2.21 bits per heavy atom. The van der Waals surface area contributed by atoms with Gasteiger partial charge < -0.3 is 5.32 Å². The fourth-order valence-electron chi connectivity index (χ4n) is 2.26. The number of thiazole rings is 1. The molecule has 0 aromatic carbocycles. The Morgan fingerprint density at radius 3 is 3.08 bits per heavy atom. The van der Waals surface area contributed by atoms with Crippen molar-refractivity contribution in [1.82, 2.24) is 29.9 Å². The molecule has 8 heteroatoms. The van der Waals surface area contributed by atoms with Crippen LogP contribution in [0.2, 0.25) is 0 Å². The molecular formula is C16H12N6S2. The number of pyridine rings is 1. The van der Waals surface area contributed by atoms with Crippen LogP contribution in [0, 0.1) is 0 Å². The maximum absolute atomic E-state index is 5.43. The van der Waals surface area contributed by atoms with E-state index in [2.05, 4.69) is 25.4 Å². The van der Waals surface area contributed by atoms with Crippen LogP contribution in [-0.4, -0.2) is 29.6 Å². The molecule has 0 amide bonds. The van der Waals surface area contributed by atoms with Crippen LogP contribution in [0.15, 0.2) is 54.6 Å². The van der Waals surface area contributed by atoms with Crippen LogP contribution < -0.4 is 5.32 Å². The Balaban J connectivity index is 1.53. The second-order valence-electron chi connectivity index (χ2n) is 5.03. The number of nitrogens with one attached hydrogen (secondary N) is 1. The number of hydrogen-bond donors (Lipinski definition) is 1. The van der Waals surface area contributed by atoms with Crippen LogP contribution in [0.1, 0.15) is 11.3 Å². The Morgan fingerprint density at radius 1 is 1.25 bits per heavy atom. The molecule has 4 aromatic heterocycles. The molecule has 0 aliphatic carbocycles. The molecule has 0 spiro atoms. The molecule has 24 heavy (non-hydrogen) atoms. The molecule has 0 bridgehead atoms. The summed E-state index contributed by atoms with van der Waals surface area (Å²) in [5.41, 5.74) is 3.51. The molecule has 0 aliphatic rings. The van der Waals surface area contributed by atoms with Crippen molar-refractivity contribution in [3.63, 3.8) is 0 Å². The summed E-state index contributed by atoms with van der Waals surface area (Å²) in [5.74, 6) is 0. The summed E-state index contributed by atoms with van der Waals surface area (Å²) in [5, 5.41) is 10.3. The van der Waals surface area contributed by atoms with Crippen molar-refractivity contribution in [2.75, 3.05) is 0 Å². The highest BCUT2D eigenvalue weighted by Gasteiger charge is 2.13. The van der Waals surface area contributed by atoms with Crippen molar-refractivity contribution in [2.45, 2.75) is 6.54 Å². The summed E-state index contributed by atoms with van der Waals surface area (Å²) < 4.78 is 1.73. The molecule has 1 N–H and O–H groups in total. The average Bonchev–Trinajstić information content (AvgIpc) is 3.27. The second kappa shape index (κ2) is 6.42. The first-order chi connectivity index (χ1) is 11.8. The predicted octanol–water partition coefficient (Wildman–Crippen LogP) is 2.71. The van der Waals surface area contributed by atoms with Gasteiger partial charge in [0.05, 0.1) is 11.8 Å². The second-order valence-corrected chi connectivity index (χ2v) is 6.29. The van der Waals surface area contributed by atoms with E-state index in [0.29, 0.717) is 11.5 Å². The maximum Gasteiger partial charge on any atom is 0.165 e. The first-order valence-electron chi connectivity index (χ1n) is 7.22. The lowest BCUT2D eigenvalue weighted by atomic mass is 10.3. The summed E-state index contributed by atoms with van der Waals surface area (Å²) in [7, 11) is 0. The molecule has 6 nitrogen and oxygen atoms in total. The zero-order chi connectivity index (χ0) is 16.4. The smallest absolute Gasteiger partial charge is 0.165 e. The van der Waals surface area contributed by atoms with Crippen LogP contribution in [-0.2, 0) is 6.54 Å². The minimum absolute atomic E-state index is 0.616. The number of thiocarbonyl (C=S) groups is 1. The Kier molecular flexibility index (Phi) is 3.97. The third kappa shape index (κ3) is 2.89. The highest BCUT2D eigenvalue weighted by atomic mass is 32.1. The SMILES string of the molecule is S=C(NCc1cccnc1)c1csc(-c2cnn3cccnc23)n1. The standard InChI is InChI=1S/C16H12N6S2/c23-15(19-8-11-3-1-4-17-7-11)13-10-24-16(21-13)12-9-20-22-6-2-5-18-14(12)22/h1-7,9-10H,8H2,(H,19,23). The molecule has 4 heterocycles. The van der Waals surface area contributed by atoms with Crippen molar-refractivity contribution in [3.8, 4) is 10.6 Å². The zero-order valence-corrected chi connectivity index (χ0v) is 14.1. The summed E-state index contributed by atoms with van der Waals surface area (Å²) in [4.78, 5) is 13.7. The van der Waals surface area contributed by atoms with E-state index in [4.69, 9.17) is 12.2 Å². The third-order valence-corrected chi connectivity index (χ3v) is 4.65. The van der Waals surface area contributed by atoms with E-state index in [1.807, 2.05) is 36.0 Å². The van der Waals surface area contributed by atoms with Crippen molar-refractivity contribution in [2.24, 2.45) is 0 Å². The van der Waals surface area contributed by atoms with Gasteiger partial charge in [-0.2, -0.15) is 5.10 Å². The quantitative estimate of drug-likeness (QED) is 0.570. The van der Waals surface area contributed by atoms with Crippen LogP contribution in [0.5, 0.6) is 0 Å². The molecule has 4 aromatic rings. The van der Waals surface area contributed by atoms with E-state index in [-0.39, 0.29) is 0 Å². The summed E-state index contributed by atoms with van der Waals surface area (Å²) in [6.07, 6.45) is 8.94. The Bertz CT molecular complexity index is 992. The highest BCUT2D eigenvalue weighted by molar-refractivity contribution is 7.80. The molecule has 0 atom stereocenters. The highest BCUT2D eigenvalue weighted by Crippen LogP contribution is 2.26. The number of aromatic nitrogens is 5. The number of fused-ring (bicyclic) bond motifs is 1. The first kappa shape index (κ1) is 14.9. The van der Waals surface area contributed by atoms with Crippen molar-refractivity contribution in [1.29, 1.82) is 0 Å². The molecule has 0 fully saturated rings. The lowest BCUT2D eigenvalue weighted by Gasteiger charge is -2.05. The van der Waals surface area contributed by atoms with Crippen LogP contribution in [0.25, 0.3) is 16.2 Å². The molecule has 4 rings (SSSR count). The minimum atomic E-state index is 0.616. The van der Waals surface area contributed by atoms with E-state index in [1.165, 1.54) is 11.3 Å². The monoisotopic (exact) mass is 352 g/mol. The predicted molar refractivity (Wildman–Crippen MR) is 96.9 cm³/mol. The molecule has 0 saturated heterocycles. The van der Waals surface area contributed by atoms with Crippen molar-refractivity contribution >= 4 is 34.2 Å².